The molecule has 0 heterocycles. The Labute approximate surface area is 157 Å². The molecule has 1 saturated carbocycles. The summed E-state index contributed by atoms with van der Waals surface area (Å²) in [6.07, 6.45) is 4.60. The van der Waals surface area contributed by atoms with E-state index in [9.17, 15) is 9.59 Å². The molecular formula is C21H32N2O3. The van der Waals surface area contributed by atoms with Crippen LogP contribution in [-0.4, -0.2) is 35.6 Å². The van der Waals surface area contributed by atoms with E-state index in [4.69, 9.17) is 4.74 Å². The van der Waals surface area contributed by atoms with E-state index in [0.29, 0.717) is 19.0 Å². The summed E-state index contributed by atoms with van der Waals surface area (Å²) in [5.74, 6) is 0.451. The molecule has 5 nitrogen and oxygen atoms in total. The van der Waals surface area contributed by atoms with Gasteiger partial charge in [0.1, 0.15) is 5.60 Å². The molecule has 0 radical (unpaired) electrons. The van der Waals surface area contributed by atoms with Gasteiger partial charge in [0.25, 0.3) is 0 Å². The molecule has 0 aromatic heterocycles. The molecule has 1 aromatic carbocycles. The molecule has 0 spiro atoms. The molecular weight excluding hydrogens is 328 g/mol. The minimum Gasteiger partial charge on any atom is -0.444 e. The van der Waals surface area contributed by atoms with Crippen LogP contribution in [0.5, 0.6) is 0 Å². The second-order valence-corrected chi connectivity index (χ2v) is 8.32. The number of nitrogens with one attached hydrogen (secondary N) is 1. The molecule has 0 aliphatic heterocycles. The van der Waals surface area contributed by atoms with Crippen molar-refractivity contribution in [3.8, 4) is 0 Å². The fraction of sp³-hybridized carbons (Fsp3) is 0.619. The number of ether oxygens (including phenoxy) is 1. The first-order valence-electron chi connectivity index (χ1n) is 9.50. The van der Waals surface area contributed by atoms with E-state index >= 15 is 0 Å². The number of carbonyl (C=O) groups excluding carboxylic acids is 2. The largest absolute Gasteiger partial charge is 0.444 e. The van der Waals surface area contributed by atoms with Gasteiger partial charge in [-0.15, -0.1) is 0 Å². The molecule has 1 N–H and O–H groups in total. The third-order valence-electron chi connectivity index (χ3n) is 4.84. The van der Waals surface area contributed by atoms with Crippen molar-refractivity contribution < 1.29 is 14.3 Å². The highest BCUT2D eigenvalue weighted by Crippen LogP contribution is 2.27. The van der Waals surface area contributed by atoms with E-state index < -0.39 is 5.60 Å². The molecule has 1 aromatic rings. The van der Waals surface area contributed by atoms with Gasteiger partial charge in [0.05, 0.1) is 0 Å². The van der Waals surface area contributed by atoms with Crippen molar-refractivity contribution in [3.63, 3.8) is 0 Å². The molecule has 0 bridgehead atoms. The maximum Gasteiger partial charge on any atom is 0.407 e. The molecule has 144 valence electrons. The van der Waals surface area contributed by atoms with Gasteiger partial charge in [-0.1, -0.05) is 29.8 Å². The van der Waals surface area contributed by atoms with Crippen LogP contribution in [0.3, 0.4) is 0 Å². The van der Waals surface area contributed by atoms with E-state index in [1.54, 1.807) is 0 Å². The van der Waals surface area contributed by atoms with Crippen LogP contribution in [-0.2, 0) is 16.1 Å². The average molecular weight is 360 g/mol. The number of hydrogen-bond donors (Lipinski definition) is 1. The van der Waals surface area contributed by atoms with Crippen molar-refractivity contribution >= 4 is 12.5 Å². The SMILES string of the molecule is Cc1ccc(CN(C=O)C2CCC(CNC(=O)OC(C)(C)C)CC2)cc1. The van der Waals surface area contributed by atoms with Gasteiger partial charge in [0, 0.05) is 19.1 Å². The molecule has 0 saturated heterocycles. The summed E-state index contributed by atoms with van der Waals surface area (Å²) in [4.78, 5) is 25.2. The first-order chi connectivity index (χ1) is 12.3. The highest BCUT2D eigenvalue weighted by atomic mass is 16.6. The third kappa shape index (κ3) is 6.70. The van der Waals surface area contributed by atoms with Crippen molar-refractivity contribution in [2.75, 3.05) is 6.54 Å². The van der Waals surface area contributed by atoms with Crippen LogP contribution in [0.4, 0.5) is 4.79 Å². The van der Waals surface area contributed by atoms with Crippen LogP contribution in [0, 0.1) is 12.8 Å². The number of alkyl carbamates (subject to hydrolysis) is 1. The maximum absolute atomic E-state index is 11.8. The molecule has 0 atom stereocenters. The van der Waals surface area contributed by atoms with Crippen molar-refractivity contribution in [2.45, 2.75) is 71.6 Å². The van der Waals surface area contributed by atoms with Gasteiger partial charge in [0.2, 0.25) is 6.41 Å². The topological polar surface area (TPSA) is 58.6 Å². The van der Waals surface area contributed by atoms with E-state index in [1.165, 1.54) is 5.56 Å². The van der Waals surface area contributed by atoms with Crippen LogP contribution in [0.25, 0.3) is 0 Å². The first kappa shape index (κ1) is 20.3. The van der Waals surface area contributed by atoms with Crippen LogP contribution < -0.4 is 5.32 Å². The smallest absolute Gasteiger partial charge is 0.407 e. The summed E-state index contributed by atoms with van der Waals surface area (Å²) in [5, 5.41) is 2.87. The zero-order valence-corrected chi connectivity index (χ0v) is 16.5. The predicted molar refractivity (Wildman–Crippen MR) is 103 cm³/mol. The quantitative estimate of drug-likeness (QED) is 0.779. The summed E-state index contributed by atoms with van der Waals surface area (Å²) in [5.41, 5.74) is 1.92. The van der Waals surface area contributed by atoms with Crippen LogP contribution in [0.15, 0.2) is 24.3 Å². The lowest BCUT2D eigenvalue weighted by atomic mass is 9.85. The number of rotatable bonds is 6. The summed E-state index contributed by atoms with van der Waals surface area (Å²) in [6, 6.07) is 8.62. The van der Waals surface area contributed by atoms with Crippen LogP contribution in [0.1, 0.15) is 57.6 Å². The molecule has 2 amide bonds. The van der Waals surface area contributed by atoms with Crippen LogP contribution >= 0.6 is 0 Å². The number of nitrogens with zero attached hydrogens (tertiary/aromatic N) is 1. The number of amides is 2. The summed E-state index contributed by atoms with van der Waals surface area (Å²) >= 11 is 0. The Hall–Kier alpha value is -2.04. The number of carbonyl (C=O) groups is 2. The Kier molecular flexibility index (Phi) is 7.06. The maximum atomic E-state index is 11.8. The van der Waals surface area contributed by atoms with Gasteiger partial charge in [-0.25, -0.2) is 4.79 Å². The molecule has 1 aliphatic carbocycles. The summed E-state index contributed by atoms with van der Waals surface area (Å²) in [7, 11) is 0. The van der Waals surface area contributed by atoms with Crippen LogP contribution in [0.2, 0.25) is 0 Å². The van der Waals surface area contributed by atoms with Crippen molar-refractivity contribution in [2.24, 2.45) is 5.92 Å². The van der Waals surface area contributed by atoms with Gasteiger partial charge in [-0.2, -0.15) is 0 Å². The highest BCUT2D eigenvalue weighted by Gasteiger charge is 2.26. The monoisotopic (exact) mass is 360 g/mol. The Morgan fingerprint density at radius 3 is 2.35 bits per heavy atom. The minimum atomic E-state index is -0.470. The lowest BCUT2D eigenvalue weighted by Gasteiger charge is -2.35. The Morgan fingerprint density at radius 2 is 1.81 bits per heavy atom. The fourth-order valence-electron chi connectivity index (χ4n) is 3.38. The highest BCUT2D eigenvalue weighted by molar-refractivity contribution is 5.67. The van der Waals surface area contributed by atoms with Gasteiger partial charge in [0.15, 0.2) is 0 Å². The van der Waals surface area contributed by atoms with E-state index in [0.717, 1.165) is 37.7 Å². The Morgan fingerprint density at radius 1 is 1.19 bits per heavy atom. The minimum absolute atomic E-state index is 0.284. The fourth-order valence-corrected chi connectivity index (χ4v) is 3.38. The third-order valence-corrected chi connectivity index (χ3v) is 4.84. The zero-order valence-electron chi connectivity index (χ0n) is 16.5. The van der Waals surface area contributed by atoms with E-state index in [1.807, 2.05) is 25.7 Å². The number of aryl methyl sites for hydroxylation is 1. The predicted octanol–water partition coefficient (Wildman–Crippen LogP) is 4.04. The number of hydrogen-bond acceptors (Lipinski definition) is 3. The second-order valence-electron chi connectivity index (χ2n) is 8.32. The standard InChI is InChI=1S/C21H32N2O3/c1-16-5-7-18(8-6-16)14-23(15-24)19-11-9-17(10-12-19)13-22-20(25)26-21(2,3)4/h5-8,15,17,19H,9-14H2,1-4H3,(H,22,25). The molecule has 0 unspecified atom stereocenters. The summed E-state index contributed by atoms with van der Waals surface area (Å²) < 4.78 is 5.28. The normalized spacial score (nSPS) is 20.3. The van der Waals surface area contributed by atoms with Gasteiger partial charge >= 0.3 is 6.09 Å². The van der Waals surface area contributed by atoms with Gasteiger partial charge in [-0.3, -0.25) is 4.79 Å². The molecule has 1 aliphatic rings. The van der Waals surface area contributed by atoms with Crippen molar-refractivity contribution in [3.05, 3.63) is 35.4 Å². The van der Waals surface area contributed by atoms with E-state index in [-0.39, 0.29) is 12.1 Å². The second kappa shape index (κ2) is 9.06. The first-order valence-corrected chi connectivity index (χ1v) is 9.50. The Balaban J connectivity index is 1.76. The van der Waals surface area contributed by atoms with Crippen molar-refractivity contribution in [1.29, 1.82) is 0 Å². The van der Waals surface area contributed by atoms with E-state index in [2.05, 4.69) is 36.5 Å². The van der Waals surface area contributed by atoms with Gasteiger partial charge in [-0.05, 0) is 64.9 Å². The lowest BCUT2D eigenvalue weighted by Crippen LogP contribution is -2.40. The molecule has 2 rings (SSSR count). The molecule has 26 heavy (non-hydrogen) atoms. The average Bonchev–Trinajstić information content (AvgIpc) is 2.58. The Bertz CT molecular complexity index is 584. The molecule has 1 fully saturated rings. The van der Waals surface area contributed by atoms with Gasteiger partial charge < -0.3 is 15.0 Å². The molecule has 5 heteroatoms. The lowest BCUT2D eigenvalue weighted by molar-refractivity contribution is -0.121. The number of benzene rings is 1. The zero-order chi connectivity index (χ0) is 19.2. The van der Waals surface area contributed by atoms with Crippen molar-refractivity contribution in [1.82, 2.24) is 10.2 Å². The summed E-state index contributed by atoms with van der Waals surface area (Å²) in [6.45, 7) is 8.95.